The van der Waals surface area contributed by atoms with Gasteiger partial charge in [0.15, 0.2) is 5.65 Å². The molecule has 1 aromatic carbocycles. The lowest BCUT2D eigenvalue weighted by molar-refractivity contribution is 0.243. The first-order valence-electron chi connectivity index (χ1n) is 10.4. The highest BCUT2D eigenvalue weighted by Crippen LogP contribution is 2.35. The molecule has 0 aliphatic heterocycles. The lowest BCUT2D eigenvalue weighted by Crippen LogP contribution is -2.43. The van der Waals surface area contributed by atoms with E-state index in [0.717, 1.165) is 5.56 Å². The number of aromatic nitrogens is 3. The van der Waals surface area contributed by atoms with Crippen molar-refractivity contribution in [3.8, 4) is 35.0 Å². The van der Waals surface area contributed by atoms with Gasteiger partial charge < -0.3 is 20.1 Å². The van der Waals surface area contributed by atoms with Crippen LogP contribution in [0.25, 0.3) is 22.2 Å². The van der Waals surface area contributed by atoms with E-state index < -0.39 is 5.54 Å². The number of terminal acetylenes is 1. The highest BCUT2D eigenvalue weighted by Gasteiger charge is 2.18. The maximum absolute atomic E-state index is 12.7. The third kappa shape index (κ3) is 6.23. The molecule has 0 aliphatic rings. The SMILES string of the molecule is C#CCCNc1ncc2cc(-c3cc(OC)cc(OC)c3)c(NC(=O)NC(C)(C)C)nc2n1. The maximum atomic E-state index is 12.7. The average molecular weight is 449 g/mol. The van der Waals surface area contributed by atoms with Crippen LogP contribution in [0.3, 0.4) is 0 Å². The first-order valence-corrected chi connectivity index (χ1v) is 10.4. The smallest absolute Gasteiger partial charge is 0.320 e. The number of carbonyl (C=O) groups is 1. The number of benzene rings is 1. The molecule has 2 aromatic heterocycles. The van der Waals surface area contributed by atoms with E-state index in [9.17, 15) is 4.79 Å². The van der Waals surface area contributed by atoms with E-state index in [4.69, 9.17) is 15.9 Å². The summed E-state index contributed by atoms with van der Waals surface area (Å²) in [6.45, 7) is 6.24. The van der Waals surface area contributed by atoms with Crippen molar-refractivity contribution in [3.05, 3.63) is 30.5 Å². The van der Waals surface area contributed by atoms with Crippen LogP contribution in [-0.2, 0) is 0 Å². The Morgan fingerprint density at radius 3 is 2.39 bits per heavy atom. The van der Waals surface area contributed by atoms with E-state index in [0.29, 0.717) is 52.8 Å². The number of hydrogen-bond acceptors (Lipinski definition) is 7. The number of amides is 2. The largest absolute Gasteiger partial charge is 0.497 e. The number of urea groups is 1. The number of nitrogens with zero attached hydrogens (tertiary/aromatic N) is 3. The van der Waals surface area contributed by atoms with Crippen LogP contribution in [0.2, 0.25) is 0 Å². The Hall–Kier alpha value is -4.06. The number of carbonyl (C=O) groups excluding carboxylic acids is 1. The van der Waals surface area contributed by atoms with E-state index in [1.165, 1.54) is 0 Å². The molecule has 2 heterocycles. The third-order valence-corrected chi connectivity index (χ3v) is 4.50. The summed E-state index contributed by atoms with van der Waals surface area (Å²) in [6, 6.07) is 6.94. The standard InChI is InChI=1S/C24H28N6O3/c1-7-8-9-25-22-26-14-16-12-19(15-10-17(32-5)13-18(11-15)33-6)21(27-20(16)28-22)29-23(31)30-24(2,3)4/h1,10-14H,8-9H2,2-6H3,(H3,25,26,27,28,29,30,31). The minimum Gasteiger partial charge on any atom is -0.497 e. The molecule has 0 atom stereocenters. The second-order valence-corrected chi connectivity index (χ2v) is 8.30. The number of methoxy groups -OCH3 is 2. The molecule has 0 saturated carbocycles. The molecule has 0 unspecified atom stereocenters. The van der Waals surface area contributed by atoms with Crippen molar-refractivity contribution in [2.75, 3.05) is 31.4 Å². The first-order chi connectivity index (χ1) is 15.7. The lowest BCUT2D eigenvalue weighted by Gasteiger charge is -2.21. The quantitative estimate of drug-likeness (QED) is 0.369. The zero-order valence-corrected chi connectivity index (χ0v) is 19.4. The Labute approximate surface area is 193 Å². The molecule has 0 aliphatic carbocycles. The Balaban J connectivity index is 2.10. The van der Waals surface area contributed by atoms with Gasteiger partial charge in [-0.05, 0) is 44.5 Å². The summed E-state index contributed by atoms with van der Waals surface area (Å²) >= 11 is 0. The molecule has 0 radical (unpaired) electrons. The minimum atomic E-state index is -0.420. The van der Waals surface area contributed by atoms with Crippen LogP contribution in [0.5, 0.6) is 11.5 Å². The average Bonchev–Trinajstić information content (AvgIpc) is 2.77. The number of fused-ring (bicyclic) bond motifs is 1. The number of nitrogens with one attached hydrogen (secondary N) is 3. The lowest BCUT2D eigenvalue weighted by atomic mass is 10.0. The van der Waals surface area contributed by atoms with E-state index in [1.54, 1.807) is 26.5 Å². The molecule has 9 heteroatoms. The van der Waals surface area contributed by atoms with Gasteiger partial charge in [0.2, 0.25) is 5.95 Å². The van der Waals surface area contributed by atoms with Gasteiger partial charge in [-0.2, -0.15) is 4.98 Å². The van der Waals surface area contributed by atoms with Crippen LogP contribution in [0.15, 0.2) is 30.5 Å². The van der Waals surface area contributed by atoms with Crippen molar-refractivity contribution in [2.45, 2.75) is 32.7 Å². The molecule has 33 heavy (non-hydrogen) atoms. The fourth-order valence-corrected chi connectivity index (χ4v) is 3.05. The molecular formula is C24H28N6O3. The van der Waals surface area contributed by atoms with E-state index >= 15 is 0 Å². The molecule has 3 N–H and O–H groups in total. The van der Waals surface area contributed by atoms with Gasteiger partial charge in [0.25, 0.3) is 0 Å². The van der Waals surface area contributed by atoms with Crippen LogP contribution in [0, 0.1) is 12.3 Å². The summed E-state index contributed by atoms with van der Waals surface area (Å²) in [5.41, 5.74) is 1.43. The number of ether oxygens (including phenoxy) is 2. The van der Waals surface area contributed by atoms with Gasteiger partial charge in [-0.3, -0.25) is 5.32 Å². The van der Waals surface area contributed by atoms with Gasteiger partial charge in [-0.15, -0.1) is 12.3 Å². The van der Waals surface area contributed by atoms with Gasteiger partial charge in [0.05, 0.1) is 14.2 Å². The summed E-state index contributed by atoms with van der Waals surface area (Å²) in [7, 11) is 3.16. The Morgan fingerprint density at radius 1 is 1.09 bits per heavy atom. The van der Waals surface area contributed by atoms with Crippen molar-refractivity contribution in [3.63, 3.8) is 0 Å². The van der Waals surface area contributed by atoms with Gasteiger partial charge in [0, 0.05) is 41.7 Å². The van der Waals surface area contributed by atoms with Gasteiger partial charge in [-0.25, -0.2) is 14.8 Å². The van der Waals surface area contributed by atoms with Gasteiger partial charge in [-0.1, -0.05) is 0 Å². The fraction of sp³-hybridized carbons (Fsp3) is 0.333. The molecule has 0 spiro atoms. The van der Waals surface area contributed by atoms with Crippen molar-refractivity contribution in [1.29, 1.82) is 0 Å². The van der Waals surface area contributed by atoms with E-state index in [1.807, 2.05) is 39.0 Å². The minimum absolute atomic E-state index is 0.341. The van der Waals surface area contributed by atoms with Crippen LogP contribution in [0.1, 0.15) is 27.2 Å². The molecular weight excluding hydrogens is 420 g/mol. The van der Waals surface area contributed by atoms with Crippen LogP contribution < -0.4 is 25.4 Å². The summed E-state index contributed by atoms with van der Waals surface area (Å²) in [4.78, 5) is 26.1. The molecule has 0 bridgehead atoms. The first kappa shape index (κ1) is 23.6. The number of anilines is 2. The van der Waals surface area contributed by atoms with Gasteiger partial charge in [0.1, 0.15) is 17.3 Å². The topological polar surface area (TPSA) is 110 Å². The molecule has 0 saturated heterocycles. The normalized spacial score (nSPS) is 10.9. The third-order valence-electron chi connectivity index (χ3n) is 4.50. The van der Waals surface area contributed by atoms with Crippen molar-refractivity contribution in [2.24, 2.45) is 0 Å². The van der Waals surface area contributed by atoms with Crippen LogP contribution in [0.4, 0.5) is 16.6 Å². The van der Waals surface area contributed by atoms with E-state index in [2.05, 4.69) is 36.8 Å². The highest BCUT2D eigenvalue weighted by atomic mass is 16.5. The predicted octanol–water partition coefficient (Wildman–Crippen LogP) is 4.06. The van der Waals surface area contributed by atoms with E-state index in [-0.39, 0.29) is 6.03 Å². The van der Waals surface area contributed by atoms with Crippen molar-refractivity contribution in [1.82, 2.24) is 20.3 Å². The molecule has 9 nitrogen and oxygen atoms in total. The van der Waals surface area contributed by atoms with Crippen molar-refractivity contribution >= 4 is 28.8 Å². The summed E-state index contributed by atoms with van der Waals surface area (Å²) in [5.74, 6) is 4.53. The highest BCUT2D eigenvalue weighted by molar-refractivity contribution is 5.96. The number of pyridine rings is 1. The molecule has 172 valence electrons. The number of rotatable bonds is 7. The molecule has 3 rings (SSSR count). The van der Waals surface area contributed by atoms with Gasteiger partial charge >= 0.3 is 6.03 Å². The zero-order chi connectivity index (χ0) is 24.0. The molecule has 2 amide bonds. The Bertz CT molecular complexity index is 1170. The van der Waals surface area contributed by atoms with Crippen LogP contribution >= 0.6 is 0 Å². The monoisotopic (exact) mass is 448 g/mol. The predicted molar refractivity (Wildman–Crippen MR) is 130 cm³/mol. The molecule has 3 aromatic rings. The molecule has 0 fully saturated rings. The van der Waals surface area contributed by atoms with Crippen LogP contribution in [-0.4, -0.2) is 47.3 Å². The summed E-state index contributed by atoms with van der Waals surface area (Å²) in [6.07, 6.45) is 7.52. The second kappa shape index (κ2) is 10.0. The maximum Gasteiger partial charge on any atom is 0.320 e. The van der Waals surface area contributed by atoms with Crippen molar-refractivity contribution < 1.29 is 14.3 Å². The Kier molecular flexibility index (Phi) is 7.18. The zero-order valence-electron chi connectivity index (χ0n) is 19.4. The summed E-state index contributed by atoms with van der Waals surface area (Å²) in [5, 5.41) is 9.51. The fourth-order valence-electron chi connectivity index (χ4n) is 3.05. The Morgan fingerprint density at radius 2 is 1.79 bits per heavy atom. The number of hydrogen-bond donors (Lipinski definition) is 3. The second-order valence-electron chi connectivity index (χ2n) is 8.30. The summed E-state index contributed by atoms with van der Waals surface area (Å²) < 4.78 is 10.8.